The molecule has 4 rings (SSSR count). The number of rotatable bonds is 5. The molecule has 2 aliphatic heterocycles. The van der Waals surface area contributed by atoms with Gasteiger partial charge in [-0.15, -0.1) is 0 Å². The van der Waals surface area contributed by atoms with Crippen LogP contribution in [-0.2, 0) is 17.6 Å². The summed E-state index contributed by atoms with van der Waals surface area (Å²) in [4.78, 5) is 26.4. The maximum atomic E-state index is 12.7. The van der Waals surface area contributed by atoms with Gasteiger partial charge < -0.3 is 14.7 Å². The highest BCUT2D eigenvalue weighted by molar-refractivity contribution is 5.74. The minimum atomic E-state index is -4.27. The van der Waals surface area contributed by atoms with Gasteiger partial charge in [-0.3, -0.25) is 9.78 Å². The van der Waals surface area contributed by atoms with Crippen LogP contribution in [0.25, 0.3) is 11.3 Å². The first kappa shape index (κ1) is 20.4. The van der Waals surface area contributed by atoms with Crippen molar-refractivity contribution in [2.45, 2.75) is 38.3 Å². The summed E-state index contributed by atoms with van der Waals surface area (Å²) in [5.41, 5.74) is 2.45. The number of carboxylic acids is 1. The third-order valence-corrected chi connectivity index (χ3v) is 5.42. The minimum Gasteiger partial charge on any atom is -0.481 e. The van der Waals surface area contributed by atoms with Crippen LogP contribution in [0.3, 0.4) is 0 Å². The van der Waals surface area contributed by atoms with E-state index >= 15 is 0 Å². The Morgan fingerprint density at radius 1 is 1.23 bits per heavy atom. The van der Waals surface area contributed by atoms with E-state index in [0.717, 1.165) is 12.0 Å². The normalized spacial score (nSPS) is 17.0. The molecule has 2 aromatic rings. The van der Waals surface area contributed by atoms with E-state index in [4.69, 9.17) is 4.74 Å². The molecule has 0 atom stereocenters. The number of aryl methyl sites for hydroxylation is 1. The number of halogens is 3. The second-order valence-electron chi connectivity index (χ2n) is 7.54. The highest BCUT2D eigenvalue weighted by Gasteiger charge is 2.29. The summed E-state index contributed by atoms with van der Waals surface area (Å²) in [7, 11) is 0. The number of carbonyl (C=O) groups is 1. The Kier molecular flexibility index (Phi) is 5.48. The molecule has 1 N–H and O–H groups in total. The molecule has 30 heavy (non-hydrogen) atoms. The lowest BCUT2D eigenvalue weighted by atomic mass is 9.97. The molecule has 10 heteroatoms. The van der Waals surface area contributed by atoms with E-state index in [9.17, 15) is 23.1 Å². The van der Waals surface area contributed by atoms with E-state index in [-0.39, 0.29) is 12.1 Å². The summed E-state index contributed by atoms with van der Waals surface area (Å²) in [6, 6.07) is 1.92. The molecule has 0 amide bonds. The van der Waals surface area contributed by atoms with E-state index in [1.54, 1.807) is 6.20 Å². The number of carboxylic acid groups (broad SMARTS) is 1. The smallest absolute Gasteiger partial charge is 0.389 e. The van der Waals surface area contributed by atoms with Crippen LogP contribution < -0.4 is 9.64 Å². The molecule has 0 aromatic carbocycles. The molecular weight excluding hydrogens is 401 g/mol. The molecular formula is C20H21F3N4O3. The van der Waals surface area contributed by atoms with Gasteiger partial charge in [0.1, 0.15) is 5.69 Å². The van der Waals surface area contributed by atoms with Crippen molar-refractivity contribution in [3.8, 4) is 17.1 Å². The number of aliphatic carboxylic acids is 1. The van der Waals surface area contributed by atoms with Crippen LogP contribution in [0.15, 0.2) is 18.5 Å². The second kappa shape index (κ2) is 8.08. The molecule has 160 valence electrons. The number of alkyl halides is 3. The van der Waals surface area contributed by atoms with Crippen LogP contribution >= 0.6 is 0 Å². The first-order chi connectivity index (χ1) is 14.3. The molecule has 0 radical (unpaired) electrons. The Morgan fingerprint density at radius 3 is 2.70 bits per heavy atom. The van der Waals surface area contributed by atoms with Crippen LogP contribution in [0, 0.1) is 5.92 Å². The number of piperidine rings is 1. The van der Waals surface area contributed by atoms with E-state index in [0.29, 0.717) is 55.5 Å². The van der Waals surface area contributed by atoms with Gasteiger partial charge in [-0.2, -0.15) is 13.2 Å². The van der Waals surface area contributed by atoms with Crippen LogP contribution in [-0.4, -0.2) is 51.9 Å². The molecule has 1 fully saturated rings. The highest BCUT2D eigenvalue weighted by atomic mass is 19.4. The van der Waals surface area contributed by atoms with Crippen LogP contribution in [0.1, 0.15) is 30.5 Å². The minimum absolute atomic E-state index is 0.254. The summed E-state index contributed by atoms with van der Waals surface area (Å²) in [6.07, 6.45) is -0.893. The van der Waals surface area contributed by atoms with Gasteiger partial charge in [0.05, 0.1) is 18.2 Å². The number of hydrogen-bond donors (Lipinski definition) is 1. The van der Waals surface area contributed by atoms with Crippen molar-refractivity contribution < 1.29 is 27.8 Å². The van der Waals surface area contributed by atoms with Gasteiger partial charge in [-0.25, -0.2) is 9.97 Å². The predicted molar refractivity (Wildman–Crippen MR) is 101 cm³/mol. The fourth-order valence-electron chi connectivity index (χ4n) is 3.76. The third kappa shape index (κ3) is 4.47. The Labute approximate surface area is 170 Å². The second-order valence-corrected chi connectivity index (χ2v) is 7.54. The summed E-state index contributed by atoms with van der Waals surface area (Å²) in [5, 5.41) is 9.23. The van der Waals surface area contributed by atoms with Gasteiger partial charge in [-0.05, 0) is 25.3 Å². The van der Waals surface area contributed by atoms with Gasteiger partial charge in [-0.1, -0.05) is 0 Å². The fourth-order valence-corrected chi connectivity index (χ4v) is 3.76. The van der Waals surface area contributed by atoms with Crippen molar-refractivity contribution in [1.29, 1.82) is 0 Å². The zero-order valence-corrected chi connectivity index (χ0v) is 16.2. The van der Waals surface area contributed by atoms with E-state index in [2.05, 4.69) is 15.0 Å². The number of ether oxygens (including phenoxy) is 1. The van der Waals surface area contributed by atoms with E-state index in [1.807, 2.05) is 11.0 Å². The van der Waals surface area contributed by atoms with Crippen molar-refractivity contribution >= 4 is 11.8 Å². The van der Waals surface area contributed by atoms with Gasteiger partial charge >= 0.3 is 12.1 Å². The van der Waals surface area contributed by atoms with Crippen molar-refractivity contribution in [3.05, 3.63) is 29.7 Å². The Bertz CT molecular complexity index is 943. The molecule has 0 unspecified atom stereocenters. The standard InChI is InChI=1S/C20H21F3N4O3/c21-20(22,23)5-1-15-11-24-16(14-9-13-4-8-30-18(13)25-10-14)17(26-15)27-6-2-12(3-7-27)19(28)29/h9-12H,1-8H2,(H,28,29). The molecule has 2 aromatic heterocycles. The van der Waals surface area contributed by atoms with Crippen molar-refractivity contribution in [3.63, 3.8) is 0 Å². The van der Waals surface area contributed by atoms with Crippen LogP contribution in [0.5, 0.6) is 5.88 Å². The van der Waals surface area contributed by atoms with Crippen molar-refractivity contribution in [1.82, 2.24) is 15.0 Å². The van der Waals surface area contributed by atoms with Crippen LogP contribution in [0.2, 0.25) is 0 Å². The number of anilines is 1. The molecule has 0 bridgehead atoms. The topological polar surface area (TPSA) is 88.4 Å². The zero-order valence-electron chi connectivity index (χ0n) is 16.2. The number of hydrogen-bond acceptors (Lipinski definition) is 6. The lowest BCUT2D eigenvalue weighted by molar-refractivity contribution is -0.142. The van der Waals surface area contributed by atoms with Gasteiger partial charge in [0.25, 0.3) is 0 Å². The molecule has 0 aliphatic carbocycles. The van der Waals surface area contributed by atoms with Gasteiger partial charge in [0.15, 0.2) is 5.82 Å². The Balaban J connectivity index is 1.66. The first-order valence-corrected chi connectivity index (χ1v) is 9.82. The summed E-state index contributed by atoms with van der Waals surface area (Å²) < 4.78 is 43.4. The van der Waals surface area contributed by atoms with Gasteiger partial charge in [0, 0.05) is 49.5 Å². The fraction of sp³-hybridized carbons (Fsp3) is 0.500. The average molecular weight is 422 g/mol. The molecule has 7 nitrogen and oxygen atoms in total. The SMILES string of the molecule is O=C(O)C1CCN(c2nc(CCC(F)(F)F)cnc2-c2cnc3c(c2)CCO3)CC1. The average Bonchev–Trinajstić information content (AvgIpc) is 3.19. The maximum absolute atomic E-state index is 12.7. The summed E-state index contributed by atoms with van der Waals surface area (Å²) >= 11 is 0. The summed E-state index contributed by atoms with van der Waals surface area (Å²) in [6.45, 7) is 1.45. The molecule has 0 saturated carbocycles. The maximum Gasteiger partial charge on any atom is 0.389 e. The number of fused-ring (bicyclic) bond motifs is 1. The van der Waals surface area contributed by atoms with Crippen molar-refractivity contribution in [2.24, 2.45) is 5.92 Å². The Hall–Kier alpha value is -2.91. The molecule has 4 heterocycles. The number of pyridine rings is 1. The Morgan fingerprint density at radius 2 is 2.00 bits per heavy atom. The first-order valence-electron chi connectivity index (χ1n) is 9.82. The number of nitrogens with zero attached hydrogens (tertiary/aromatic N) is 4. The number of aromatic nitrogens is 3. The molecule has 2 aliphatic rings. The van der Waals surface area contributed by atoms with E-state index < -0.39 is 24.5 Å². The van der Waals surface area contributed by atoms with Gasteiger partial charge in [0.2, 0.25) is 5.88 Å². The highest BCUT2D eigenvalue weighted by Crippen LogP contribution is 2.34. The predicted octanol–water partition coefficient (Wildman–Crippen LogP) is 3.27. The summed E-state index contributed by atoms with van der Waals surface area (Å²) in [5.74, 6) is -0.205. The molecule has 1 saturated heterocycles. The monoisotopic (exact) mass is 422 g/mol. The molecule has 0 spiro atoms. The lowest BCUT2D eigenvalue weighted by Gasteiger charge is -2.32. The van der Waals surface area contributed by atoms with Crippen molar-refractivity contribution in [2.75, 3.05) is 24.6 Å². The third-order valence-electron chi connectivity index (χ3n) is 5.42. The lowest BCUT2D eigenvalue weighted by Crippen LogP contribution is -2.37. The zero-order chi connectivity index (χ0) is 21.3. The quantitative estimate of drug-likeness (QED) is 0.791. The van der Waals surface area contributed by atoms with Crippen LogP contribution in [0.4, 0.5) is 19.0 Å². The largest absolute Gasteiger partial charge is 0.481 e. The van der Waals surface area contributed by atoms with E-state index in [1.165, 1.54) is 6.20 Å².